The number of fused-ring (bicyclic) bond motifs is 1. The van der Waals surface area contributed by atoms with Crippen molar-refractivity contribution < 1.29 is 14.3 Å². The van der Waals surface area contributed by atoms with E-state index in [2.05, 4.69) is 4.98 Å². The van der Waals surface area contributed by atoms with Gasteiger partial charge in [0.05, 0.1) is 0 Å². The molecule has 3 rings (SSSR count). The number of pyridine rings is 1. The fraction of sp³-hybridized carbons (Fsp3) is 0.350. The monoisotopic (exact) mass is 368 g/mol. The second kappa shape index (κ2) is 6.90. The lowest BCUT2D eigenvalue weighted by Crippen LogP contribution is -2.55. The maximum absolute atomic E-state index is 13.0. The summed E-state index contributed by atoms with van der Waals surface area (Å²) in [6.45, 7) is 7.56. The number of nitrogens with zero attached hydrogens (tertiary/aromatic N) is 3. The van der Waals surface area contributed by atoms with Crippen molar-refractivity contribution in [1.29, 1.82) is 0 Å². The molecule has 2 N–H and O–H groups in total. The molecule has 0 bridgehead atoms. The number of carbonyl (C=O) groups excluding carboxylic acids is 2. The van der Waals surface area contributed by atoms with Gasteiger partial charge < -0.3 is 15.4 Å². The van der Waals surface area contributed by atoms with E-state index in [-0.39, 0.29) is 30.0 Å². The number of nitrogens with two attached hydrogens (primary N) is 1. The second-order valence-corrected chi connectivity index (χ2v) is 7.04. The first-order valence-corrected chi connectivity index (χ1v) is 8.87. The molecule has 1 aliphatic rings. The van der Waals surface area contributed by atoms with E-state index in [1.54, 1.807) is 30.9 Å². The summed E-state index contributed by atoms with van der Waals surface area (Å²) in [7, 11) is 0. The lowest BCUT2D eigenvalue weighted by atomic mass is 10.1. The molecule has 2 aromatic rings. The highest BCUT2D eigenvalue weighted by atomic mass is 16.5. The molecule has 0 fully saturated rings. The number of amides is 2. The van der Waals surface area contributed by atoms with E-state index in [0.29, 0.717) is 12.3 Å². The van der Waals surface area contributed by atoms with Crippen LogP contribution >= 0.6 is 0 Å². The summed E-state index contributed by atoms with van der Waals surface area (Å²) in [5, 5.41) is 0. The van der Waals surface area contributed by atoms with Gasteiger partial charge in [0.2, 0.25) is 5.91 Å². The molecule has 2 amide bonds. The number of benzene rings is 1. The fourth-order valence-corrected chi connectivity index (χ4v) is 3.13. The standard InChI is InChI=1S/C20H24N4O3/c1-5-23(14-8-6-7-13(2)11-14)17(25)12-24-18-15(9-10-16(21)22-18)27-20(3,4)19(24)26/h6-11H,5,12H2,1-4H3,(H2,21,22). The predicted molar refractivity (Wildman–Crippen MR) is 105 cm³/mol. The van der Waals surface area contributed by atoms with Crippen molar-refractivity contribution in [2.24, 2.45) is 0 Å². The molecule has 2 heterocycles. The average molecular weight is 368 g/mol. The maximum Gasteiger partial charge on any atom is 0.272 e. The van der Waals surface area contributed by atoms with Gasteiger partial charge in [-0.1, -0.05) is 12.1 Å². The van der Waals surface area contributed by atoms with Crippen molar-refractivity contribution in [1.82, 2.24) is 4.98 Å². The van der Waals surface area contributed by atoms with Crippen LogP contribution < -0.4 is 20.3 Å². The number of hydrogen-bond acceptors (Lipinski definition) is 5. The number of ether oxygens (including phenoxy) is 1. The van der Waals surface area contributed by atoms with E-state index in [1.165, 1.54) is 4.90 Å². The van der Waals surface area contributed by atoms with Gasteiger partial charge in [0, 0.05) is 12.2 Å². The summed E-state index contributed by atoms with van der Waals surface area (Å²) < 4.78 is 5.75. The van der Waals surface area contributed by atoms with Crippen LogP contribution in [0.25, 0.3) is 0 Å². The summed E-state index contributed by atoms with van der Waals surface area (Å²) in [5.41, 5.74) is 6.54. The van der Waals surface area contributed by atoms with Gasteiger partial charge in [0.25, 0.3) is 5.91 Å². The zero-order chi connectivity index (χ0) is 19.8. The SMILES string of the molecule is CCN(C(=O)CN1C(=O)C(C)(C)Oc2ccc(N)nc21)c1cccc(C)c1. The number of rotatable bonds is 4. The third kappa shape index (κ3) is 3.58. The van der Waals surface area contributed by atoms with Crippen LogP contribution in [0.2, 0.25) is 0 Å². The lowest BCUT2D eigenvalue weighted by molar-refractivity contribution is -0.134. The van der Waals surface area contributed by atoms with Crippen molar-refractivity contribution >= 4 is 29.1 Å². The zero-order valence-corrected chi connectivity index (χ0v) is 16.0. The van der Waals surface area contributed by atoms with Crippen molar-refractivity contribution in [3.63, 3.8) is 0 Å². The molecule has 0 saturated heterocycles. The Balaban J connectivity index is 1.94. The van der Waals surface area contributed by atoms with Gasteiger partial charge in [-0.2, -0.15) is 0 Å². The van der Waals surface area contributed by atoms with Gasteiger partial charge in [0.1, 0.15) is 12.4 Å². The topological polar surface area (TPSA) is 88.8 Å². The van der Waals surface area contributed by atoms with Crippen LogP contribution in [-0.2, 0) is 9.59 Å². The van der Waals surface area contributed by atoms with Gasteiger partial charge in [-0.05, 0) is 57.5 Å². The molecular formula is C20H24N4O3. The first kappa shape index (κ1) is 18.7. The summed E-state index contributed by atoms with van der Waals surface area (Å²) >= 11 is 0. The Labute approximate surface area is 158 Å². The Kier molecular flexibility index (Phi) is 4.78. The molecule has 1 aromatic heterocycles. The van der Waals surface area contributed by atoms with E-state index >= 15 is 0 Å². The third-order valence-corrected chi connectivity index (χ3v) is 4.47. The Morgan fingerprint density at radius 3 is 2.70 bits per heavy atom. The average Bonchev–Trinajstić information content (AvgIpc) is 2.60. The Morgan fingerprint density at radius 2 is 2.04 bits per heavy atom. The van der Waals surface area contributed by atoms with Crippen LogP contribution in [0, 0.1) is 6.92 Å². The number of aryl methyl sites for hydroxylation is 1. The van der Waals surface area contributed by atoms with Gasteiger partial charge in [0.15, 0.2) is 17.2 Å². The molecule has 1 aliphatic heterocycles. The maximum atomic E-state index is 13.0. The van der Waals surface area contributed by atoms with Gasteiger partial charge >= 0.3 is 0 Å². The van der Waals surface area contributed by atoms with Crippen molar-refractivity contribution in [2.75, 3.05) is 28.6 Å². The Bertz CT molecular complexity index is 895. The highest BCUT2D eigenvalue weighted by Gasteiger charge is 2.43. The molecule has 0 saturated carbocycles. The molecular weight excluding hydrogens is 344 g/mol. The number of likely N-dealkylation sites (N-methyl/N-ethyl adjacent to an activating group) is 1. The molecule has 0 aliphatic carbocycles. The van der Waals surface area contributed by atoms with E-state index in [4.69, 9.17) is 10.5 Å². The highest BCUT2D eigenvalue weighted by molar-refractivity contribution is 6.07. The normalized spacial score (nSPS) is 15.1. The second-order valence-electron chi connectivity index (χ2n) is 7.04. The van der Waals surface area contributed by atoms with E-state index in [0.717, 1.165) is 11.3 Å². The molecule has 142 valence electrons. The van der Waals surface area contributed by atoms with Crippen LogP contribution in [0.3, 0.4) is 0 Å². The Hall–Kier alpha value is -3.09. The lowest BCUT2D eigenvalue weighted by Gasteiger charge is -2.38. The number of hydrogen-bond donors (Lipinski definition) is 1. The minimum absolute atomic E-state index is 0.142. The van der Waals surface area contributed by atoms with Crippen LogP contribution in [0.4, 0.5) is 17.3 Å². The summed E-state index contributed by atoms with van der Waals surface area (Å²) in [4.78, 5) is 33.2. The number of nitrogen functional groups attached to an aromatic ring is 1. The molecule has 0 spiro atoms. The molecule has 0 radical (unpaired) electrons. The van der Waals surface area contributed by atoms with Crippen LogP contribution in [-0.4, -0.2) is 35.5 Å². The number of carbonyl (C=O) groups is 2. The summed E-state index contributed by atoms with van der Waals surface area (Å²) in [5.74, 6) is 0.424. The highest BCUT2D eigenvalue weighted by Crippen LogP contribution is 2.36. The van der Waals surface area contributed by atoms with Gasteiger partial charge in [-0.25, -0.2) is 4.98 Å². The zero-order valence-electron chi connectivity index (χ0n) is 16.0. The van der Waals surface area contributed by atoms with Gasteiger partial charge in [-0.3, -0.25) is 14.5 Å². The molecule has 1 aromatic carbocycles. The predicted octanol–water partition coefficient (Wildman–Crippen LogP) is 2.53. The summed E-state index contributed by atoms with van der Waals surface area (Å²) in [6.07, 6.45) is 0. The number of anilines is 3. The van der Waals surface area contributed by atoms with Crippen LogP contribution in [0.5, 0.6) is 5.75 Å². The minimum atomic E-state index is -1.09. The van der Waals surface area contributed by atoms with E-state index in [9.17, 15) is 9.59 Å². The van der Waals surface area contributed by atoms with E-state index in [1.807, 2.05) is 38.1 Å². The Morgan fingerprint density at radius 1 is 1.30 bits per heavy atom. The van der Waals surface area contributed by atoms with E-state index < -0.39 is 5.60 Å². The first-order chi connectivity index (χ1) is 12.7. The first-order valence-electron chi connectivity index (χ1n) is 8.87. The third-order valence-electron chi connectivity index (χ3n) is 4.47. The molecule has 7 nitrogen and oxygen atoms in total. The van der Waals surface area contributed by atoms with Crippen LogP contribution in [0.1, 0.15) is 26.3 Å². The van der Waals surface area contributed by atoms with Crippen molar-refractivity contribution in [2.45, 2.75) is 33.3 Å². The molecule has 0 unspecified atom stereocenters. The summed E-state index contributed by atoms with van der Waals surface area (Å²) in [6, 6.07) is 11.0. The molecule has 0 atom stereocenters. The van der Waals surface area contributed by atoms with Crippen molar-refractivity contribution in [3.8, 4) is 5.75 Å². The molecule has 27 heavy (non-hydrogen) atoms. The fourth-order valence-electron chi connectivity index (χ4n) is 3.13. The van der Waals surface area contributed by atoms with Crippen LogP contribution in [0.15, 0.2) is 36.4 Å². The quantitative estimate of drug-likeness (QED) is 0.896. The largest absolute Gasteiger partial charge is 0.474 e. The minimum Gasteiger partial charge on any atom is -0.474 e. The molecule has 7 heteroatoms. The number of aromatic nitrogens is 1. The van der Waals surface area contributed by atoms with Crippen molar-refractivity contribution in [3.05, 3.63) is 42.0 Å². The van der Waals surface area contributed by atoms with Gasteiger partial charge in [-0.15, -0.1) is 0 Å². The smallest absolute Gasteiger partial charge is 0.272 e.